The van der Waals surface area contributed by atoms with Gasteiger partial charge in [0.1, 0.15) is 17.3 Å². The van der Waals surface area contributed by atoms with E-state index in [1.54, 1.807) is 62.6 Å². The van der Waals surface area contributed by atoms with E-state index in [-0.39, 0.29) is 23.0 Å². The van der Waals surface area contributed by atoms with Crippen molar-refractivity contribution in [2.24, 2.45) is 0 Å². The van der Waals surface area contributed by atoms with E-state index in [4.69, 9.17) is 10.00 Å². The van der Waals surface area contributed by atoms with Gasteiger partial charge in [0, 0.05) is 11.3 Å². The molecule has 1 aliphatic heterocycles. The summed E-state index contributed by atoms with van der Waals surface area (Å²) < 4.78 is 5.51. The normalized spacial score (nSPS) is 16.9. The van der Waals surface area contributed by atoms with Gasteiger partial charge in [0.2, 0.25) is 0 Å². The number of rotatable bonds is 5. The molecule has 3 aromatic rings. The zero-order chi connectivity index (χ0) is 26.1. The molecule has 0 spiro atoms. The van der Waals surface area contributed by atoms with Crippen LogP contribution in [0.25, 0.3) is 5.76 Å². The van der Waals surface area contributed by atoms with Crippen LogP contribution in [0.2, 0.25) is 0 Å². The van der Waals surface area contributed by atoms with Gasteiger partial charge in [-0.1, -0.05) is 26.0 Å². The van der Waals surface area contributed by atoms with Crippen molar-refractivity contribution in [1.29, 1.82) is 5.26 Å². The Morgan fingerprint density at radius 3 is 2.36 bits per heavy atom. The standard InChI is InChI=1S/C29H26N2O5/c1-16(2)22-14-23(17(3)12-24(22)36-4)27(33)25-26(19-6-5-7-21(32)13-19)31(29(35)28(25)34)20-10-8-18(15-30)9-11-20/h5-14,16,26,32-33H,1-4H3/b27-25+. The van der Waals surface area contributed by atoms with Crippen LogP contribution >= 0.6 is 0 Å². The van der Waals surface area contributed by atoms with Gasteiger partial charge in [-0.15, -0.1) is 0 Å². The summed E-state index contributed by atoms with van der Waals surface area (Å²) in [4.78, 5) is 28.0. The van der Waals surface area contributed by atoms with Gasteiger partial charge in [0.05, 0.1) is 30.4 Å². The maximum Gasteiger partial charge on any atom is 0.300 e. The van der Waals surface area contributed by atoms with E-state index in [2.05, 4.69) is 0 Å². The number of aryl methyl sites for hydroxylation is 1. The van der Waals surface area contributed by atoms with E-state index in [1.165, 1.54) is 17.0 Å². The second kappa shape index (κ2) is 9.59. The number of methoxy groups -OCH3 is 1. The third-order valence-electron chi connectivity index (χ3n) is 6.36. The van der Waals surface area contributed by atoms with Crippen LogP contribution in [0.5, 0.6) is 11.5 Å². The molecule has 1 saturated heterocycles. The highest BCUT2D eigenvalue weighted by atomic mass is 16.5. The molecule has 1 unspecified atom stereocenters. The molecule has 0 saturated carbocycles. The molecule has 0 aliphatic carbocycles. The summed E-state index contributed by atoms with van der Waals surface area (Å²) in [5, 5.41) is 30.8. The molecule has 1 aliphatic rings. The Morgan fingerprint density at radius 2 is 1.78 bits per heavy atom. The maximum atomic E-state index is 13.4. The number of phenols is 1. The number of phenolic OH excluding ortho intramolecular Hbond substituents is 1. The average molecular weight is 483 g/mol. The zero-order valence-corrected chi connectivity index (χ0v) is 20.4. The summed E-state index contributed by atoms with van der Waals surface area (Å²) in [6, 6.07) is 17.1. The number of aliphatic hydroxyl groups is 1. The topological polar surface area (TPSA) is 111 Å². The van der Waals surface area contributed by atoms with E-state index >= 15 is 0 Å². The summed E-state index contributed by atoms with van der Waals surface area (Å²) in [6.45, 7) is 5.78. The number of nitriles is 1. The number of carbonyl (C=O) groups excluding carboxylic acids is 2. The largest absolute Gasteiger partial charge is 0.508 e. The second-order valence-corrected chi connectivity index (χ2v) is 8.99. The Kier molecular flexibility index (Phi) is 6.54. The van der Waals surface area contributed by atoms with Crippen LogP contribution in [0, 0.1) is 18.3 Å². The predicted octanol–water partition coefficient (Wildman–Crippen LogP) is 5.33. The number of Topliss-reactive ketones (excluding diaryl/α,β-unsaturated/α-hetero) is 1. The van der Waals surface area contributed by atoms with Gasteiger partial charge >= 0.3 is 0 Å². The Labute approximate surface area is 209 Å². The first-order valence-electron chi connectivity index (χ1n) is 11.5. The Morgan fingerprint density at radius 1 is 1.08 bits per heavy atom. The van der Waals surface area contributed by atoms with Crippen LogP contribution in [-0.2, 0) is 9.59 Å². The number of hydrogen-bond donors (Lipinski definition) is 2. The van der Waals surface area contributed by atoms with Crippen LogP contribution in [0.1, 0.15) is 53.6 Å². The Bertz CT molecular complexity index is 1430. The van der Waals surface area contributed by atoms with Crippen molar-refractivity contribution in [3.05, 3.63) is 94.1 Å². The van der Waals surface area contributed by atoms with Gasteiger partial charge in [-0.25, -0.2) is 0 Å². The molecule has 0 radical (unpaired) electrons. The first kappa shape index (κ1) is 24.6. The summed E-state index contributed by atoms with van der Waals surface area (Å²) >= 11 is 0. The summed E-state index contributed by atoms with van der Waals surface area (Å²) in [7, 11) is 1.57. The number of ether oxygens (including phenoxy) is 1. The van der Waals surface area contributed by atoms with E-state index < -0.39 is 17.7 Å². The molecule has 1 heterocycles. The highest BCUT2D eigenvalue weighted by Gasteiger charge is 2.47. The van der Waals surface area contributed by atoms with E-state index in [9.17, 15) is 19.8 Å². The third-order valence-corrected chi connectivity index (χ3v) is 6.36. The minimum absolute atomic E-state index is 0.0411. The quantitative estimate of drug-likeness (QED) is 0.289. The molecule has 7 heteroatoms. The molecule has 3 aromatic carbocycles. The summed E-state index contributed by atoms with van der Waals surface area (Å²) in [5.74, 6) is -1.26. The monoisotopic (exact) mass is 482 g/mol. The lowest BCUT2D eigenvalue weighted by molar-refractivity contribution is -0.132. The summed E-state index contributed by atoms with van der Waals surface area (Å²) in [5.41, 5.74) is 3.10. The van der Waals surface area contributed by atoms with Crippen LogP contribution < -0.4 is 9.64 Å². The molecule has 0 aromatic heterocycles. The van der Waals surface area contributed by atoms with Crippen LogP contribution in [0.3, 0.4) is 0 Å². The Balaban J connectivity index is 1.98. The first-order chi connectivity index (χ1) is 17.2. The molecule has 1 amide bonds. The third kappa shape index (κ3) is 4.18. The number of hydrogen-bond acceptors (Lipinski definition) is 6. The minimum atomic E-state index is -0.992. The summed E-state index contributed by atoms with van der Waals surface area (Å²) in [6.07, 6.45) is 0. The van der Waals surface area contributed by atoms with Crippen molar-refractivity contribution in [3.8, 4) is 17.6 Å². The molecule has 2 N–H and O–H groups in total. The number of ketones is 1. The fraction of sp³-hybridized carbons (Fsp3) is 0.207. The highest BCUT2D eigenvalue weighted by molar-refractivity contribution is 6.51. The molecule has 4 rings (SSSR count). The van der Waals surface area contributed by atoms with Gasteiger partial charge in [0.15, 0.2) is 0 Å². The van der Waals surface area contributed by atoms with Crippen molar-refractivity contribution in [2.75, 3.05) is 12.0 Å². The average Bonchev–Trinajstić information content (AvgIpc) is 3.13. The van der Waals surface area contributed by atoms with Crippen LogP contribution in [0.15, 0.2) is 66.2 Å². The number of benzene rings is 3. The second-order valence-electron chi connectivity index (χ2n) is 8.99. The number of anilines is 1. The first-order valence-corrected chi connectivity index (χ1v) is 11.5. The molecule has 7 nitrogen and oxygen atoms in total. The predicted molar refractivity (Wildman–Crippen MR) is 136 cm³/mol. The maximum absolute atomic E-state index is 13.4. The van der Waals surface area contributed by atoms with Crippen molar-refractivity contribution in [3.63, 3.8) is 0 Å². The van der Waals surface area contributed by atoms with Crippen molar-refractivity contribution in [2.45, 2.75) is 32.7 Å². The van der Waals surface area contributed by atoms with Crippen molar-refractivity contribution >= 4 is 23.1 Å². The number of aliphatic hydroxyl groups excluding tert-OH is 1. The van der Waals surface area contributed by atoms with Crippen molar-refractivity contribution in [1.82, 2.24) is 0 Å². The molecule has 0 bridgehead atoms. The Hall–Kier alpha value is -4.57. The lowest BCUT2D eigenvalue weighted by atomic mass is 9.91. The van der Waals surface area contributed by atoms with Crippen molar-refractivity contribution < 1.29 is 24.5 Å². The number of carbonyl (C=O) groups is 2. The fourth-order valence-electron chi connectivity index (χ4n) is 4.53. The lowest BCUT2D eigenvalue weighted by Gasteiger charge is -2.26. The SMILES string of the molecule is COc1cc(C)c(/C(O)=C2\C(=O)C(=O)N(c3ccc(C#N)cc3)C2c2cccc(O)c2)cc1C(C)C. The van der Waals surface area contributed by atoms with Gasteiger partial charge in [-0.2, -0.15) is 5.26 Å². The van der Waals surface area contributed by atoms with Gasteiger partial charge < -0.3 is 14.9 Å². The van der Waals surface area contributed by atoms with Gasteiger partial charge in [-0.05, 0) is 78.1 Å². The number of aromatic hydroxyl groups is 1. The van der Waals surface area contributed by atoms with E-state index in [0.717, 1.165) is 5.56 Å². The number of amides is 1. The molecular weight excluding hydrogens is 456 g/mol. The fourth-order valence-corrected chi connectivity index (χ4v) is 4.53. The zero-order valence-electron chi connectivity index (χ0n) is 20.4. The molecular formula is C29H26N2O5. The van der Waals surface area contributed by atoms with Crippen LogP contribution in [0.4, 0.5) is 5.69 Å². The van der Waals surface area contributed by atoms with Gasteiger partial charge in [0.25, 0.3) is 11.7 Å². The van der Waals surface area contributed by atoms with E-state index in [0.29, 0.717) is 33.7 Å². The lowest BCUT2D eigenvalue weighted by Crippen LogP contribution is -2.29. The molecule has 36 heavy (non-hydrogen) atoms. The van der Waals surface area contributed by atoms with Gasteiger partial charge in [-0.3, -0.25) is 14.5 Å². The number of nitrogens with zero attached hydrogens (tertiary/aromatic N) is 2. The highest BCUT2D eigenvalue weighted by Crippen LogP contribution is 2.44. The van der Waals surface area contributed by atoms with Crippen LogP contribution in [-0.4, -0.2) is 29.0 Å². The smallest absolute Gasteiger partial charge is 0.300 e. The molecule has 1 atom stereocenters. The molecule has 182 valence electrons. The molecule has 1 fully saturated rings. The van der Waals surface area contributed by atoms with E-state index in [1.807, 2.05) is 19.9 Å². The minimum Gasteiger partial charge on any atom is -0.508 e.